The molecular weight excluding hydrogens is 979 g/mol. The molecule has 1 aliphatic rings. The van der Waals surface area contributed by atoms with Crippen LogP contribution in [0.1, 0.15) is 28.8 Å². The summed E-state index contributed by atoms with van der Waals surface area (Å²) in [6, 6.07) is 82.5. The Kier molecular flexibility index (Phi) is 9.99. The van der Waals surface area contributed by atoms with Crippen molar-refractivity contribution in [2.45, 2.75) is 12.8 Å². The fourth-order valence-corrected chi connectivity index (χ4v) is 12.7. The Balaban J connectivity index is 0.915. The van der Waals surface area contributed by atoms with Gasteiger partial charge < -0.3 is 18.3 Å². The summed E-state index contributed by atoms with van der Waals surface area (Å²) < 4.78 is 9.28. The molecule has 9 nitrogen and oxygen atoms in total. The van der Waals surface area contributed by atoms with Gasteiger partial charge in [-0.05, 0) is 128 Å². The van der Waals surface area contributed by atoms with Crippen LogP contribution in [0.25, 0.3) is 139 Å². The van der Waals surface area contributed by atoms with E-state index in [2.05, 4.69) is 200 Å². The van der Waals surface area contributed by atoms with Gasteiger partial charge in [0.05, 0.1) is 73.3 Å². The summed E-state index contributed by atoms with van der Waals surface area (Å²) in [6.07, 6.45) is 6.58. The number of benzene rings is 10. The SMILES string of the molecule is N#Cc1ccc(-n2c3ccccc3c3cc(-n4c5c(c6ccccc64)CCC=C5)ccc32)c(-c2nc(-c3ccccc3)nc(-c3cc(C#N)ccc3-n3c4ccccc4c4cc(-n5c6ccccc6c6ccccc65)ccc43)n2)c1. The highest BCUT2D eigenvalue weighted by Crippen LogP contribution is 2.43. The summed E-state index contributed by atoms with van der Waals surface area (Å²) in [5, 5.41) is 29.2. The molecule has 372 valence electrons. The summed E-state index contributed by atoms with van der Waals surface area (Å²) in [6.45, 7) is 0. The number of hydrogen-bond donors (Lipinski definition) is 0. The van der Waals surface area contributed by atoms with Gasteiger partial charge in [-0.25, -0.2) is 15.0 Å². The van der Waals surface area contributed by atoms with E-state index in [0.717, 1.165) is 95.8 Å². The Morgan fingerprint density at radius 1 is 0.350 bits per heavy atom. The molecule has 80 heavy (non-hydrogen) atoms. The first-order valence-electron chi connectivity index (χ1n) is 26.9. The zero-order chi connectivity index (χ0) is 53.0. The maximum Gasteiger partial charge on any atom is 0.166 e. The first-order valence-corrected chi connectivity index (χ1v) is 26.9. The number of para-hydroxylation sites is 5. The van der Waals surface area contributed by atoms with Crippen molar-refractivity contribution in [3.8, 4) is 69.1 Å². The molecule has 16 rings (SSSR count). The molecule has 0 atom stereocenters. The van der Waals surface area contributed by atoms with Crippen LogP contribution in [0.4, 0.5) is 0 Å². The van der Waals surface area contributed by atoms with Crippen molar-refractivity contribution < 1.29 is 0 Å². The molecule has 0 saturated heterocycles. The highest BCUT2D eigenvalue weighted by atomic mass is 15.1. The van der Waals surface area contributed by atoms with Crippen LogP contribution in [0.15, 0.2) is 231 Å². The molecule has 0 bridgehead atoms. The molecular formula is C71H43N9. The van der Waals surface area contributed by atoms with Gasteiger partial charge in [-0.1, -0.05) is 127 Å². The second-order valence-corrected chi connectivity index (χ2v) is 20.5. The standard InChI is InChI=1S/C71H43N9/c72-42-44-30-34-67(79-63-28-14-8-22-53(63)55-40-47(32-36-65(55)79)77-59-24-10-4-18-49(59)50-19-5-11-25-60(50)77)57(38-44)70-74-69(46-16-2-1-3-17-46)75-71(76-70)58-39-45(43-73)31-35-68(58)80-64-29-15-9-23-54(64)56-41-48(33-37-66(56)80)78-61-26-12-6-20-51(61)52-21-7-13-27-62(52)78/h1-6,8-20,22-41H,7,21H2. The van der Waals surface area contributed by atoms with Crippen LogP contribution in [-0.2, 0) is 6.42 Å². The highest BCUT2D eigenvalue weighted by molar-refractivity contribution is 6.13. The van der Waals surface area contributed by atoms with Crippen LogP contribution < -0.4 is 0 Å². The Labute approximate surface area is 458 Å². The number of nitriles is 2. The molecule has 5 heterocycles. The third-order valence-electron chi connectivity index (χ3n) is 16.1. The molecule has 9 heteroatoms. The van der Waals surface area contributed by atoms with Gasteiger partial charge in [0.15, 0.2) is 17.5 Å². The molecule has 1 aliphatic carbocycles. The van der Waals surface area contributed by atoms with Crippen molar-refractivity contribution in [2.75, 3.05) is 0 Å². The van der Waals surface area contributed by atoms with Gasteiger partial charge in [0, 0.05) is 71.5 Å². The number of aromatic nitrogens is 7. The lowest BCUT2D eigenvalue weighted by atomic mass is 10.0. The van der Waals surface area contributed by atoms with Gasteiger partial charge in [0.25, 0.3) is 0 Å². The van der Waals surface area contributed by atoms with Crippen LogP contribution in [0, 0.1) is 22.7 Å². The second kappa shape index (κ2) is 17.7. The van der Waals surface area contributed by atoms with E-state index >= 15 is 0 Å². The predicted octanol–water partition coefficient (Wildman–Crippen LogP) is 16.8. The monoisotopic (exact) mass is 1020 g/mol. The lowest BCUT2D eigenvalue weighted by Gasteiger charge is -2.17. The second-order valence-electron chi connectivity index (χ2n) is 20.5. The number of allylic oxidation sites excluding steroid dienone is 1. The molecule has 0 saturated carbocycles. The van der Waals surface area contributed by atoms with Crippen molar-refractivity contribution in [1.29, 1.82) is 10.5 Å². The molecule has 15 aromatic rings. The zero-order valence-corrected chi connectivity index (χ0v) is 43.0. The number of aryl methyl sites for hydroxylation is 1. The number of nitrogens with zero attached hydrogens (tertiary/aromatic N) is 9. The quantitative estimate of drug-likeness (QED) is 0.158. The minimum Gasteiger partial charge on any atom is -0.310 e. The van der Waals surface area contributed by atoms with E-state index < -0.39 is 0 Å². The van der Waals surface area contributed by atoms with Gasteiger partial charge in [-0.2, -0.15) is 10.5 Å². The third-order valence-corrected chi connectivity index (χ3v) is 16.1. The summed E-state index contributed by atoms with van der Waals surface area (Å²) >= 11 is 0. The Hall–Kier alpha value is -11.1. The fourth-order valence-electron chi connectivity index (χ4n) is 12.7. The van der Waals surface area contributed by atoms with Gasteiger partial charge in [0.1, 0.15) is 0 Å². The summed E-state index contributed by atoms with van der Waals surface area (Å²) in [5.74, 6) is 1.21. The molecule has 0 N–H and O–H groups in total. The van der Waals surface area contributed by atoms with Crippen molar-refractivity contribution >= 4 is 82.4 Å². The normalized spacial score (nSPS) is 12.3. The number of rotatable bonds is 7. The smallest absolute Gasteiger partial charge is 0.166 e. The zero-order valence-electron chi connectivity index (χ0n) is 43.0. The molecule has 0 spiro atoms. The lowest BCUT2D eigenvalue weighted by molar-refractivity contribution is 0.968. The topological polar surface area (TPSA) is 106 Å². The van der Waals surface area contributed by atoms with Crippen LogP contribution >= 0.6 is 0 Å². The van der Waals surface area contributed by atoms with Crippen LogP contribution in [0.2, 0.25) is 0 Å². The Morgan fingerprint density at radius 3 is 1.27 bits per heavy atom. The van der Waals surface area contributed by atoms with Crippen molar-refractivity contribution in [3.05, 3.63) is 253 Å². The van der Waals surface area contributed by atoms with Crippen molar-refractivity contribution in [3.63, 3.8) is 0 Å². The van der Waals surface area contributed by atoms with Crippen LogP contribution in [0.5, 0.6) is 0 Å². The maximum absolute atomic E-state index is 10.6. The van der Waals surface area contributed by atoms with E-state index in [1.54, 1.807) is 0 Å². The summed E-state index contributed by atoms with van der Waals surface area (Å²) in [4.78, 5) is 16.1. The highest BCUT2D eigenvalue weighted by Gasteiger charge is 2.25. The molecule has 5 aromatic heterocycles. The minimum atomic E-state index is 0.380. The molecule has 0 aliphatic heterocycles. The third kappa shape index (κ3) is 6.78. The van der Waals surface area contributed by atoms with Gasteiger partial charge in [0.2, 0.25) is 0 Å². The van der Waals surface area contributed by atoms with Gasteiger partial charge >= 0.3 is 0 Å². The first kappa shape index (κ1) is 45.1. The van der Waals surface area contributed by atoms with Gasteiger partial charge in [-0.15, -0.1) is 0 Å². The molecule has 10 aromatic carbocycles. The van der Waals surface area contributed by atoms with Crippen molar-refractivity contribution in [1.82, 2.24) is 33.2 Å². The molecule has 0 unspecified atom stereocenters. The summed E-state index contributed by atoms with van der Waals surface area (Å²) in [5.41, 5.74) is 16.8. The predicted molar refractivity (Wildman–Crippen MR) is 323 cm³/mol. The average Bonchev–Trinajstić information content (AvgIpc) is 4.46. The molecule has 0 radical (unpaired) electrons. The summed E-state index contributed by atoms with van der Waals surface area (Å²) in [7, 11) is 0. The van der Waals surface area contributed by atoms with E-state index in [1.165, 1.54) is 32.9 Å². The number of fused-ring (bicyclic) bond motifs is 12. The molecule has 0 amide bonds. The molecule has 0 fully saturated rings. The van der Waals surface area contributed by atoms with E-state index in [-0.39, 0.29) is 0 Å². The largest absolute Gasteiger partial charge is 0.310 e. The van der Waals surface area contributed by atoms with E-state index in [1.807, 2.05) is 66.7 Å². The van der Waals surface area contributed by atoms with E-state index in [9.17, 15) is 10.5 Å². The minimum absolute atomic E-state index is 0.380. The lowest BCUT2D eigenvalue weighted by Crippen LogP contribution is -2.06. The average molecular weight is 1020 g/mol. The van der Waals surface area contributed by atoms with Crippen LogP contribution in [-0.4, -0.2) is 33.2 Å². The van der Waals surface area contributed by atoms with E-state index in [0.29, 0.717) is 39.7 Å². The first-order chi connectivity index (χ1) is 39.6. The Morgan fingerprint density at radius 2 is 0.762 bits per heavy atom. The van der Waals surface area contributed by atoms with E-state index in [4.69, 9.17) is 15.0 Å². The Bertz CT molecular complexity index is 5170. The van der Waals surface area contributed by atoms with Gasteiger partial charge in [-0.3, -0.25) is 0 Å². The van der Waals surface area contributed by atoms with Crippen LogP contribution in [0.3, 0.4) is 0 Å². The fraction of sp³-hybridized carbons (Fsp3) is 0.0282. The van der Waals surface area contributed by atoms with Crippen molar-refractivity contribution in [2.24, 2.45) is 0 Å². The maximum atomic E-state index is 10.6. The number of hydrogen-bond acceptors (Lipinski definition) is 5.